The van der Waals surface area contributed by atoms with E-state index in [1.54, 1.807) is 0 Å². The van der Waals surface area contributed by atoms with Crippen LogP contribution in [0.3, 0.4) is 0 Å². The second kappa shape index (κ2) is 8.82. The second-order valence-electron chi connectivity index (χ2n) is 12.8. The summed E-state index contributed by atoms with van der Waals surface area (Å²) in [6, 6.07) is 0. The van der Waals surface area contributed by atoms with Crippen LogP contribution in [0.15, 0.2) is 11.6 Å². The van der Waals surface area contributed by atoms with Crippen molar-refractivity contribution < 1.29 is 20.1 Å². The van der Waals surface area contributed by atoms with Crippen molar-refractivity contribution in [3.8, 4) is 0 Å². The highest BCUT2D eigenvalue weighted by atomic mass is 16.3. The summed E-state index contributed by atoms with van der Waals surface area (Å²) in [4.78, 5) is 13.8. The minimum absolute atomic E-state index is 0.0177. The first kappa shape index (κ1) is 24.4. The van der Waals surface area contributed by atoms with Crippen molar-refractivity contribution in [3.63, 3.8) is 0 Å². The molecule has 4 nitrogen and oxygen atoms in total. The molecule has 0 bridgehead atoms. The van der Waals surface area contributed by atoms with Crippen molar-refractivity contribution in [3.05, 3.63) is 11.6 Å². The molecule has 0 aromatic carbocycles. The summed E-state index contributed by atoms with van der Waals surface area (Å²) in [5.41, 5.74) is 0.982. The van der Waals surface area contributed by atoms with Crippen molar-refractivity contribution in [1.82, 2.24) is 0 Å². The van der Waals surface area contributed by atoms with Gasteiger partial charge in [-0.3, -0.25) is 4.79 Å². The number of carbonyl (C=O) groups is 1. The number of Topliss-reactive ketones (excluding diaryl/α,β-unsaturated/α-hetero) is 1. The fraction of sp³-hybridized carbons (Fsp3) is 0.893. The monoisotopic (exact) mass is 446 g/mol. The van der Waals surface area contributed by atoms with Crippen molar-refractivity contribution in [2.75, 3.05) is 6.61 Å². The molecule has 0 aromatic rings. The lowest BCUT2D eigenvalue weighted by Crippen LogP contribution is -2.57. The first-order valence-corrected chi connectivity index (χ1v) is 13.2. The van der Waals surface area contributed by atoms with E-state index in [0.29, 0.717) is 48.2 Å². The highest BCUT2D eigenvalue weighted by Crippen LogP contribution is 2.66. The molecule has 0 heterocycles. The number of aliphatic hydroxyl groups is 3. The Labute approximate surface area is 194 Å². The maximum absolute atomic E-state index is 13.8. The number of rotatable bonds is 6. The summed E-state index contributed by atoms with van der Waals surface area (Å²) in [5.74, 6) is 2.56. The number of hydrogen-bond donors (Lipinski definition) is 3. The minimum Gasteiger partial charge on any atom is -0.396 e. The van der Waals surface area contributed by atoms with Crippen LogP contribution in [0.25, 0.3) is 0 Å². The van der Waals surface area contributed by atoms with Gasteiger partial charge in [-0.05, 0) is 84.9 Å². The highest BCUT2D eigenvalue weighted by Gasteiger charge is 2.62. The molecule has 0 radical (unpaired) electrons. The van der Waals surface area contributed by atoms with Gasteiger partial charge in [0.1, 0.15) is 5.78 Å². The van der Waals surface area contributed by atoms with Crippen LogP contribution in [0.1, 0.15) is 86.0 Å². The van der Waals surface area contributed by atoms with Gasteiger partial charge in [0.05, 0.1) is 12.2 Å². The van der Waals surface area contributed by atoms with Crippen LogP contribution >= 0.6 is 0 Å². The second-order valence-corrected chi connectivity index (χ2v) is 12.8. The van der Waals surface area contributed by atoms with Gasteiger partial charge in [-0.2, -0.15) is 0 Å². The summed E-state index contributed by atoms with van der Waals surface area (Å²) in [6.45, 7) is 11.6. The van der Waals surface area contributed by atoms with Crippen LogP contribution in [-0.2, 0) is 4.79 Å². The third-order valence-electron chi connectivity index (χ3n) is 10.7. The summed E-state index contributed by atoms with van der Waals surface area (Å²) < 4.78 is 0. The number of ketones is 1. The molecular formula is C28H46O4. The first-order chi connectivity index (χ1) is 15.0. The molecule has 0 spiro atoms. The third-order valence-corrected chi connectivity index (χ3v) is 10.7. The van der Waals surface area contributed by atoms with Crippen molar-refractivity contribution in [1.29, 1.82) is 0 Å². The quantitative estimate of drug-likeness (QED) is 0.514. The van der Waals surface area contributed by atoms with Gasteiger partial charge in [0, 0.05) is 18.9 Å². The zero-order chi connectivity index (χ0) is 23.4. The minimum atomic E-state index is -0.552. The Bertz CT molecular complexity index is 744. The van der Waals surface area contributed by atoms with E-state index in [4.69, 9.17) is 0 Å². The molecule has 3 N–H and O–H groups in total. The molecule has 182 valence electrons. The number of allylic oxidation sites excluding steroid dienone is 1. The molecule has 3 fully saturated rings. The molecule has 4 aliphatic carbocycles. The van der Waals surface area contributed by atoms with Crippen LogP contribution in [0.5, 0.6) is 0 Å². The van der Waals surface area contributed by atoms with E-state index in [9.17, 15) is 20.1 Å². The summed E-state index contributed by atoms with van der Waals surface area (Å²) in [7, 11) is 0. The Morgan fingerprint density at radius 3 is 2.44 bits per heavy atom. The molecule has 4 rings (SSSR count). The average molecular weight is 447 g/mol. The summed E-state index contributed by atoms with van der Waals surface area (Å²) in [6.07, 6.45) is 8.38. The van der Waals surface area contributed by atoms with Crippen molar-refractivity contribution in [2.45, 2.75) is 98.2 Å². The van der Waals surface area contributed by atoms with Gasteiger partial charge in [0.25, 0.3) is 0 Å². The molecule has 4 aliphatic rings. The van der Waals surface area contributed by atoms with Gasteiger partial charge in [-0.1, -0.05) is 52.7 Å². The standard InChI is InChI=1S/C28H46O4/c1-16(2)18(15-29)7-6-17(3)21-8-9-22-20-13-24(31)23-12-19(30)10-11-27(23,4)26(20)25(32)14-28(21,22)5/h13,16-19,21-24,26,29-31H,6-12,14-15H2,1-5H3. The van der Waals surface area contributed by atoms with E-state index in [2.05, 4.69) is 34.6 Å². The largest absolute Gasteiger partial charge is 0.396 e. The maximum atomic E-state index is 13.8. The van der Waals surface area contributed by atoms with Crippen molar-refractivity contribution in [2.24, 2.45) is 52.3 Å². The van der Waals surface area contributed by atoms with Gasteiger partial charge in [-0.15, -0.1) is 0 Å². The van der Waals surface area contributed by atoms with Gasteiger partial charge >= 0.3 is 0 Å². The van der Waals surface area contributed by atoms with E-state index < -0.39 is 6.10 Å². The average Bonchev–Trinajstić information content (AvgIpc) is 3.06. The van der Waals surface area contributed by atoms with E-state index in [-0.39, 0.29) is 35.4 Å². The van der Waals surface area contributed by atoms with Gasteiger partial charge in [-0.25, -0.2) is 0 Å². The number of fused-ring (bicyclic) bond motifs is 5. The van der Waals surface area contributed by atoms with E-state index in [1.807, 2.05) is 6.08 Å². The molecule has 32 heavy (non-hydrogen) atoms. The normalized spacial score (nSPS) is 45.7. The molecule has 4 heteroatoms. The van der Waals surface area contributed by atoms with Gasteiger partial charge < -0.3 is 15.3 Å². The molecule has 10 atom stereocenters. The molecule has 0 amide bonds. The maximum Gasteiger partial charge on any atom is 0.141 e. The zero-order valence-corrected chi connectivity index (χ0v) is 20.9. The SMILES string of the molecule is CC(C)C(CO)CCC(C)C1CCC2C3=CC(O)C4CC(O)CCC4(C)C3C(=O)CC21C. The van der Waals surface area contributed by atoms with Crippen LogP contribution in [0, 0.1) is 52.3 Å². The topological polar surface area (TPSA) is 77.8 Å². The first-order valence-electron chi connectivity index (χ1n) is 13.2. The summed E-state index contributed by atoms with van der Waals surface area (Å²) >= 11 is 0. The Morgan fingerprint density at radius 2 is 1.78 bits per heavy atom. The third kappa shape index (κ3) is 3.82. The van der Waals surface area contributed by atoms with Gasteiger partial charge in [0.2, 0.25) is 0 Å². The fourth-order valence-electron chi connectivity index (χ4n) is 8.68. The number of carbonyl (C=O) groups excluding carboxylic acids is 1. The highest BCUT2D eigenvalue weighted by molar-refractivity contribution is 5.87. The number of hydrogen-bond acceptors (Lipinski definition) is 4. The lowest BCUT2D eigenvalue weighted by atomic mass is 9.46. The fourth-order valence-corrected chi connectivity index (χ4v) is 8.68. The lowest BCUT2D eigenvalue weighted by Gasteiger charge is -2.57. The molecule has 0 saturated heterocycles. The molecule has 0 aromatic heterocycles. The van der Waals surface area contributed by atoms with Crippen LogP contribution in [-0.4, -0.2) is 39.9 Å². The predicted molar refractivity (Wildman–Crippen MR) is 127 cm³/mol. The van der Waals surface area contributed by atoms with Crippen LogP contribution in [0.2, 0.25) is 0 Å². The van der Waals surface area contributed by atoms with Crippen molar-refractivity contribution >= 4 is 5.78 Å². The lowest BCUT2D eigenvalue weighted by molar-refractivity contribution is -0.142. The smallest absolute Gasteiger partial charge is 0.141 e. The zero-order valence-electron chi connectivity index (χ0n) is 20.9. The Balaban J connectivity index is 1.58. The van der Waals surface area contributed by atoms with Crippen LogP contribution in [0.4, 0.5) is 0 Å². The van der Waals surface area contributed by atoms with Gasteiger partial charge in [0.15, 0.2) is 0 Å². The molecule has 0 aliphatic heterocycles. The molecule has 10 unspecified atom stereocenters. The van der Waals surface area contributed by atoms with E-state index >= 15 is 0 Å². The van der Waals surface area contributed by atoms with E-state index in [0.717, 1.165) is 38.5 Å². The Morgan fingerprint density at radius 1 is 1.06 bits per heavy atom. The molecular weight excluding hydrogens is 400 g/mol. The van der Waals surface area contributed by atoms with E-state index in [1.165, 1.54) is 5.57 Å². The predicted octanol–water partition coefficient (Wildman–Crippen LogP) is 4.76. The summed E-state index contributed by atoms with van der Waals surface area (Å²) in [5, 5.41) is 31.1. The molecule has 3 saturated carbocycles. The number of aliphatic hydroxyl groups excluding tert-OH is 3. The Hall–Kier alpha value is -0.710. The van der Waals surface area contributed by atoms with Crippen LogP contribution < -0.4 is 0 Å². The Kier molecular flexibility index (Phi) is 6.73.